The number of hydrogen-bond acceptors (Lipinski definition) is 3. The van der Waals surface area contributed by atoms with Crippen molar-refractivity contribution in [1.82, 2.24) is 5.32 Å². The number of alkyl halides is 1. The molecular formula is C14H11Br2NO3. The maximum absolute atomic E-state index is 11.6. The van der Waals surface area contributed by atoms with Crippen molar-refractivity contribution in [1.29, 1.82) is 0 Å². The zero-order chi connectivity index (χ0) is 14.5. The van der Waals surface area contributed by atoms with E-state index in [2.05, 4.69) is 37.2 Å². The lowest BCUT2D eigenvalue weighted by molar-refractivity contribution is -0.119. The van der Waals surface area contributed by atoms with Crippen molar-refractivity contribution in [3.05, 3.63) is 40.9 Å². The molecule has 0 saturated carbocycles. The minimum absolute atomic E-state index is 0.216. The van der Waals surface area contributed by atoms with Crippen LogP contribution in [0.5, 0.6) is 5.75 Å². The van der Waals surface area contributed by atoms with Crippen LogP contribution in [-0.4, -0.2) is 17.3 Å². The summed E-state index contributed by atoms with van der Waals surface area (Å²) >= 11 is 6.53. The van der Waals surface area contributed by atoms with Gasteiger partial charge < -0.3 is 4.74 Å². The van der Waals surface area contributed by atoms with E-state index in [0.717, 1.165) is 10.8 Å². The van der Waals surface area contributed by atoms with Crippen LogP contribution in [0, 0.1) is 0 Å². The number of rotatable bonds is 3. The van der Waals surface area contributed by atoms with Gasteiger partial charge in [0.15, 0.2) is 0 Å². The van der Waals surface area contributed by atoms with Gasteiger partial charge in [0.25, 0.3) is 0 Å². The van der Waals surface area contributed by atoms with Gasteiger partial charge in [-0.25, -0.2) is 4.79 Å². The Morgan fingerprint density at radius 2 is 1.90 bits per heavy atom. The molecule has 0 unspecified atom stereocenters. The van der Waals surface area contributed by atoms with Crippen molar-refractivity contribution >= 4 is 54.6 Å². The van der Waals surface area contributed by atoms with Gasteiger partial charge in [0.2, 0.25) is 5.91 Å². The van der Waals surface area contributed by atoms with Gasteiger partial charge >= 0.3 is 6.09 Å². The predicted octanol–water partition coefficient (Wildman–Crippen LogP) is 4.00. The molecular weight excluding hydrogens is 390 g/mol. The average Bonchev–Trinajstić information content (AvgIpc) is 2.42. The molecule has 1 N–H and O–H groups in total. The molecule has 0 aromatic heterocycles. The third kappa shape index (κ3) is 3.58. The number of hydrogen-bond donors (Lipinski definition) is 1. The smallest absolute Gasteiger partial charge is 0.409 e. The summed E-state index contributed by atoms with van der Waals surface area (Å²) in [5.41, 5.74) is 0. The molecule has 4 nitrogen and oxygen atoms in total. The predicted molar refractivity (Wildman–Crippen MR) is 84.2 cm³/mol. The number of ether oxygens (including phenoxy) is 1. The molecule has 2 aromatic carbocycles. The molecule has 6 heteroatoms. The fourth-order valence-corrected chi connectivity index (χ4v) is 2.61. The molecule has 0 bridgehead atoms. The largest absolute Gasteiger partial charge is 0.419 e. The molecule has 0 atom stereocenters. The zero-order valence-corrected chi connectivity index (χ0v) is 13.5. The van der Waals surface area contributed by atoms with E-state index in [1.54, 1.807) is 6.07 Å². The first kappa shape index (κ1) is 15.0. The molecule has 0 aliphatic heterocycles. The monoisotopic (exact) mass is 399 g/mol. The summed E-state index contributed by atoms with van der Waals surface area (Å²) in [4.78, 5) is 22.9. The lowest BCUT2D eigenvalue weighted by atomic mass is 10.1. The molecule has 0 aliphatic rings. The maximum Gasteiger partial charge on any atom is 0.419 e. The van der Waals surface area contributed by atoms with Crippen molar-refractivity contribution in [3.8, 4) is 5.75 Å². The van der Waals surface area contributed by atoms with Crippen LogP contribution in [0.1, 0.15) is 6.42 Å². The minimum atomic E-state index is -0.785. The van der Waals surface area contributed by atoms with E-state index in [1.807, 2.05) is 30.3 Å². The third-order valence-electron chi connectivity index (χ3n) is 2.59. The molecule has 104 valence electrons. The normalized spacial score (nSPS) is 10.3. The highest BCUT2D eigenvalue weighted by Gasteiger charge is 2.12. The molecule has 20 heavy (non-hydrogen) atoms. The van der Waals surface area contributed by atoms with Crippen LogP contribution in [0.4, 0.5) is 4.79 Å². The first-order chi connectivity index (χ1) is 9.61. The highest BCUT2D eigenvalue weighted by Crippen LogP contribution is 2.33. The van der Waals surface area contributed by atoms with Gasteiger partial charge in [0.05, 0.1) is 4.47 Å². The highest BCUT2D eigenvalue weighted by molar-refractivity contribution is 9.10. The van der Waals surface area contributed by atoms with E-state index >= 15 is 0 Å². The van der Waals surface area contributed by atoms with Gasteiger partial charge in [-0.2, -0.15) is 0 Å². The third-order valence-corrected chi connectivity index (χ3v) is 3.81. The summed E-state index contributed by atoms with van der Waals surface area (Å²) in [5.74, 6) is -0.0170. The second-order valence-electron chi connectivity index (χ2n) is 3.98. The molecule has 0 fully saturated rings. The van der Waals surface area contributed by atoms with Crippen molar-refractivity contribution in [3.63, 3.8) is 0 Å². The Labute approximate surface area is 132 Å². The van der Waals surface area contributed by atoms with Gasteiger partial charge in [0.1, 0.15) is 5.75 Å². The van der Waals surface area contributed by atoms with E-state index in [4.69, 9.17) is 4.74 Å². The molecule has 2 rings (SSSR count). The Morgan fingerprint density at radius 1 is 1.15 bits per heavy atom. The fraction of sp³-hybridized carbons (Fsp3) is 0.143. The summed E-state index contributed by atoms with van der Waals surface area (Å²) in [7, 11) is 0. The molecule has 0 saturated heterocycles. The van der Waals surface area contributed by atoms with E-state index < -0.39 is 6.09 Å². The van der Waals surface area contributed by atoms with Gasteiger partial charge in [0, 0.05) is 11.8 Å². The molecule has 2 amide bonds. The number of amides is 2. The molecule has 0 radical (unpaired) electrons. The Kier molecular flexibility index (Phi) is 5.14. The summed E-state index contributed by atoms with van der Waals surface area (Å²) in [6.07, 6.45) is -0.569. The van der Waals surface area contributed by atoms with Crippen LogP contribution < -0.4 is 10.1 Å². The second kappa shape index (κ2) is 6.85. The number of halogens is 2. The first-order valence-corrected chi connectivity index (χ1v) is 7.78. The molecule has 0 heterocycles. The lowest BCUT2D eigenvalue weighted by Crippen LogP contribution is -2.33. The van der Waals surface area contributed by atoms with Crippen molar-refractivity contribution in [2.45, 2.75) is 6.42 Å². The number of imide groups is 1. The van der Waals surface area contributed by atoms with Crippen LogP contribution >= 0.6 is 31.9 Å². The number of carbonyl (C=O) groups excluding carboxylic acids is 2. The van der Waals surface area contributed by atoms with Crippen LogP contribution in [0.3, 0.4) is 0 Å². The zero-order valence-electron chi connectivity index (χ0n) is 10.4. The Morgan fingerprint density at radius 3 is 2.65 bits per heavy atom. The Hall–Kier alpha value is -1.40. The molecule has 0 spiro atoms. The number of nitrogens with one attached hydrogen (secondary N) is 1. The number of fused-ring (bicyclic) bond motifs is 1. The lowest BCUT2D eigenvalue weighted by Gasteiger charge is -2.09. The quantitative estimate of drug-likeness (QED) is 0.792. The summed E-state index contributed by atoms with van der Waals surface area (Å²) in [5, 5.41) is 4.61. The van der Waals surface area contributed by atoms with Crippen LogP contribution in [0.2, 0.25) is 0 Å². The standard InChI is InChI=1S/C14H11Br2NO3/c15-8-7-12(18)17-14(19)20-11-6-5-9-3-1-2-4-10(9)13(11)16/h1-6H,7-8H2,(H,17,18,19). The Bertz CT molecular complexity index is 658. The van der Waals surface area contributed by atoms with Crippen molar-refractivity contribution < 1.29 is 14.3 Å². The molecule has 2 aromatic rings. The van der Waals surface area contributed by atoms with Crippen LogP contribution in [0.25, 0.3) is 10.8 Å². The van der Waals surface area contributed by atoms with E-state index in [0.29, 0.717) is 15.6 Å². The Balaban J connectivity index is 2.15. The SMILES string of the molecule is O=C(CCBr)NC(=O)Oc1ccc2ccccc2c1Br. The number of benzene rings is 2. The van der Waals surface area contributed by atoms with E-state index in [9.17, 15) is 9.59 Å². The van der Waals surface area contributed by atoms with Crippen LogP contribution in [0.15, 0.2) is 40.9 Å². The average molecular weight is 401 g/mol. The van der Waals surface area contributed by atoms with Gasteiger partial charge in [-0.1, -0.05) is 46.3 Å². The topological polar surface area (TPSA) is 55.4 Å². The minimum Gasteiger partial charge on any atom is -0.409 e. The maximum atomic E-state index is 11.6. The summed E-state index contributed by atoms with van der Waals surface area (Å²) in [6, 6.07) is 11.2. The van der Waals surface area contributed by atoms with Gasteiger partial charge in [-0.05, 0) is 32.8 Å². The van der Waals surface area contributed by atoms with E-state index in [1.165, 1.54) is 0 Å². The van der Waals surface area contributed by atoms with Crippen LogP contribution in [-0.2, 0) is 4.79 Å². The summed E-state index contributed by atoms with van der Waals surface area (Å²) in [6.45, 7) is 0. The highest BCUT2D eigenvalue weighted by atomic mass is 79.9. The van der Waals surface area contributed by atoms with Gasteiger partial charge in [-0.3, -0.25) is 10.1 Å². The van der Waals surface area contributed by atoms with Crippen molar-refractivity contribution in [2.75, 3.05) is 5.33 Å². The van der Waals surface area contributed by atoms with Gasteiger partial charge in [-0.15, -0.1) is 0 Å². The first-order valence-electron chi connectivity index (χ1n) is 5.86. The second-order valence-corrected chi connectivity index (χ2v) is 5.56. The number of carbonyl (C=O) groups is 2. The van der Waals surface area contributed by atoms with Crippen molar-refractivity contribution in [2.24, 2.45) is 0 Å². The summed E-state index contributed by atoms with van der Waals surface area (Å²) < 4.78 is 5.82. The molecule has 0 aliphatic carbocycles. The fourth-order valence-electron chi connectivity index (χ4n) is 1.68. The van der Waals surface area contributed by atoms with E-state index in [-0.39, 0.29) is 12.3 Å².